The van der Waals surface area contributed by atoms with E-state index in [9.17, 15) is 4.79 Å². The van der Waals surface area contributed by atoms with E-state index in [0.717, 1.165) is 10.7 Å². The number of carboxylic acids is 1. The molecule has 0 radical (unpaired) electrons. The average Bonchev–Trinajstić information content (AvgIpc) is 2.95. The van der Waals surface area contributed by atoms with Crippen LogP contribution in [0.1, 0.15) is 43.6 Å². The van der Waals surface area contributed by atoms with Crippen LogP contribution in [0.5, 0.6) is 0 Å². The summed E-state index contributed by atoms with van der Waals surface area (Å²) in [6.07, 6.45) is 2.26. The summed E-state index contributed by atoms with van der Waals surface area (Å²) in [6.45, 7) is 6.96. The summed E-state index contributed by atoms with van der Waals surface area (Å²) in [4.78, 5) is 15.1. The molecule has 108 valence electrons. The lowest BCUT2D eigenvalue weighted by Gasteiger charge is -2.14. The third kappa shape index (κ3) is 3.86. The monoisotopic (exact) mass is 294 g/mol. The van der Waals surface area contributed by atoms with Crippen LogP contribution in [-0.2, 0) is 23.2 Å². The molecule has 2 aromatic rings. The van der Waals surface area contributed by atoms with Gasteiger partial charge in [0.15, 0.2) is 0 Å². The number of thiazole rings is 1. The molecule has 2 rings (SSSR count). The molecule has 20 heavy (non-hydrogen) atoms. The third-order valence-electron chi connectivity index (χ3n) is 2.80. The molecule has 7 heteroatoms. The highest BCUT2D eigenvalue weighted by Gasteiger charge is 2.17. The molecule has 0 spiro atoms. The van der Waals surface area contributed by atoms with Gasteiger partial charge in [-0.25, -0.2) is 9.67 Å². The molecule has 0 aliphatic carbocycles. The zero-order valence-electron chi connectivity index (χ0n) is 11.8. The zero-order chi connectivity index (χ0) is 14.8. The Labute approximate surface area is 121 Å². The van der Waals surface area contributed by atoms with Gasteiger partial charge in [0.2, 0.25) is 0 Å². The number of carboxylic acid groups (broad SMARTS) is 1. The highest BCUT2D eigenvalue weighted by Crippen LogP contribution is 2.24. The van der Waals surface area contributed by atoms with E-state index in [-0.39, 0.29) is 11.8 Å². The van der Waals surface area contributed by atoms with Gasteiger partial charge in [0, 0.05) is 23.4 Å². The van der Waals surface area contributed by atoms with Crippen LogP contribution in [0.4, 0.5) is 0 Å². The van der Waals surface area contributed by atoms with E-state index in [1.807, 2.05) is 0 Å². The van der Waals surface area contributed by atoms with Crippen molar-refractivity contribution in [2.45, 2.75) is 45.6 Å². The van der Waals surface area contributed by atoms with Crippen molar-refractivity contribution in [3.05, 3.63) is 28.0 Å². The van der Waals surface area contributed by atoms with Crippen LogP contribution in [0.2, 0.25) is 0 Å². The summed E-state index contributed by atoms with van der Waals surface area (Å²) in [5.74, 6) is -0.825. The van der Waals surface area contributed by atoms with Crippen molar-refractivity contribution in [3.63, 3.8) is 0 Å². The van der Waals surface area contributed by atoms with Gasteiger partial charge in [0.25, 0.3) is 0 Å². The molecular formula is C13H18N4O2S. The maximum atomic E-state index is 10.5. The number of hydrogen-bond acceptors (Lipinski definition) is 5. The Morgan fingerprint density at radius 1 is 1.45 bits per heavy atom. The number of rotatable bonds is 5. The highest BCUT2D eigenvalue weighted by atomic mass is 32.1. The molecular weight excluding hydrogens is 276 g/mol. The van der Waals surface area contributed by atoms with E-state index in [2.05, 4.69) is 41.4 Å². The van der Waals surface area contributed by atoms with Crippen molar-refractivity contribution in [2.24, 2.45) is 0 Å². The van der Waals surface area contributed by atoms with Crippen LogP contribution >= 0.6 is 11.3 Å². The lowest BCUT2D eigenvalue weighted by atomic mass is 9.93. The normalized spacial score (nSPS) is 11.8. The lowest BCUT2D eigenvalue weighted by molar-refractivity contribution is -0.136. The summed E-state index contributed by atoms with van der Waals surface area (Å²) in [6, 6.07) is 0. The number of hydrogen-bond donors (Lipinski definition) is 1. The maximum Gasteiger partial charge on any atom is 0.303 e. The number of aromatic nitrogens is 4. The quantitative estimate of drug-likeness (QED) is 0.913. The fraction of sp³-hybridized carbons (Fsp3) is 0.538. The molecule has 0 fully saturated rings. The second kappa shape index (κ2) is 5.70. The molecule has 0 unspecified atom stereocenters. The van der Waals surface area contributed by atoms with Gasteiger partial charge in [-0.3, -0.25) is 4.79 Å². The first kappa shape index (κ1) is 14.6. The summed E-state index contributed by atoms with van der Waals surface area (Å²) in [7, 11) is 0. The van der Waals surface area contributed by atoms with Gasteiger partial charge in [0.1, 0.15) is 5.01 Å². The van der Waals surface area contributed by atoms with Gasteiger partial charge < -0.3 is 5.11 Å². The minimum atomic E-state index is -0.825. The SMILES string of the molecule is CC(C)(C)c1csc(Cn2cc(CCC(=O)O)nn2)n1. The molecule has 6 nitrogen and oxygen atoms in total. The van der Waals surface area contributed by atoms with Crippen LogP contribution in [0.25, 0.3) is 0 Å². The van der Waals surface area contributed by atoms with E-state index < -0.39 is 5.97 Å². The molecule has 2 heterocycles. The fourth-order valence-corrected chi connectivity index (χ4v) is 2.64. The summed E-state index contributed by atoms with van der Waals surface area (Å²) in [5.41, 5.74) is 1.81. The van der Waals surface area contributed by atoms with Crippen molar-refractivity contribution in [2.75, 3.05) is 0 Å². The van der Waals surface area contributed by atoms with Gasteiger partial charge in [0.05, 0.1) is 24.4 Å². The Morgan fingerprint density at radius 3 is 2.80 bits per heavy atom. The topological polar surface area (TPSA) is 80.9 Å². The van der Waals surface area contributed by atoms with Gasteiger partial charge in [-0.2, -0.15) is 0 Å². The largest absolute Gasteiger partial charge is 0.481 e. The lowest BCUT2D eigenvalue weighted by Crippen LogP contribution is -2.12. The van der Waals surface area contributed by atoms with Crippen LogP contribution < -0.4 is 0 Å². The molecule has 0 saturated heterocycles. The summed E-state index contributed by atoms with van der Waals surface area (Å²) >= 11 is 1.60. The van der Waals surface area contributed by atoms with Crippen molar-refractivity contribution >= 4 is 17.3 Å². The first-order chi connectivity index (χ1) is 9.34. The Hall–Kier alpha value is -1.76. The number of aryl methyl sites for hydroxylation is 1. The number of aliphatic carboxylic acids is 1. The van der Waals surface area contributed by atoms with Crippen LogP contribution in [0.15, 0.2) is 11.6 Å². The van der Waals surface area contributed by atoms with E-state index in [0.29, 0.717) is 18.7 Å². The van der Waals surface area contributed by atoms with Crippen LogP contribution in [-0.4, -0.2) is 31.1 Å². The first-order valence-corrected chi connectivity index (χ1v) is 7.28. The summed E-state index contributed by atoms with van der Waals surface area (Å²) in [5, 5.41) is 19.6. The predicted molar refractivity (Wildman–Crippen MR) is 75.9 cm³/mol. The van der Waals surface area contributed by atoms with Crippen molar-refractivity contribution in [1.82, 2.24) is 20.0 Å². The third-order valence-corrected chi connectivity index (χ3v) is 3.63. The predicted octanol–water partition coefficient (Wildman–Crippen LogP) is 2.10. The Morgan fingerprint density at radius 2 is 2.20 bits per heavy atom. The van der Waals surface area contributed by atoms with Crippen molar-refractivity contribution in [3.8, 4) is 0 Å². The second-order valence-electron chi connectivity index (χ2n) is 5.68. The molecule has 0 amide bonds. The van der Waals surface area contributed by atoms with Gasteiger partial charge >= 0.3 is 5.97 Å². The van der Waals surface area contributed by atoms with Crippen molar-refractivity contribution in [1.29, 1.82) is 0 Å². The average molecular weight is 294 g/mol. The van der Waals surface area contributed by atoms with Gasteiger partial charge in [-0.15, -0.1) is 16.4 Å². The maximum absolute atomic E-state index is 10.5. The molecule has 2 aromatic heterocycles. The van der Waals surface area contributed by atoms with Crippen LogP contribution in [0, 0.1) is 0 Å². The van der Waals surface area contributed by atoms with Crippen LogP contribution in [0.3, 0.4) is 0 Å². The fourth-order valence-electron chi connectivity index (χ4n) is 1.63. The second-order valence-corrected chi connectivity index (χ2v) is 6.62. The minimum absolute atomic E-state index is 0.0454. The highest BCUT2D eigenvalue weighted by molar-refractivity contribution is 7.09. The first-order valence-electron chi connectivity index (χ1n) is 6.40. The van der Waals surface area contributed by atoms with Gasteiger partial charge in [-0.1, -0.05) is 26.0 Å². The molecule has 0 aliphatic heterocycles. The van der Waals surface area contributed by atoms with E-state index in [1.165, 1.54) is 0 Å². The molecule has 0 aliphatic rings. The van der Waals surface area contributed by atoms with E-state index in [4.69, 9.17) is 5.11 Å². The molecule has 0 aromatic carbocycles. The smallest absolute Gasteiger partial charge is 0.303 e. The minimum Gasteiger partial charge on any atom is -0.481 e. The molecule has 0 atom stereocenters. The molecule has 1 N–H and O–H groups in total. The Balaban J connectivity index is 2.00. The van der Waals surface area contributed by atoms with Crippen molar-refractivity contribution < 1.29 is 9.90 Å². The van der Waals surface area contributed by atoms with Gasteiger partial charge in [-0.05, 0) is 0 Å². The summed E-state index contributed by atoms with van der Waals surface area (Å²) < 4.78 is 1.70. The Kier molecular flexibility index (Phi) is 4.17. The Bertz CT molecular complexity index is 598. The van der Waals surface area contributed by atoms with E-state index in [1.54, 1.807) is 22.2 Å². The zero-order valence-corrected chi connectivity index (χ0v) is 12.6. The molecule has 0 bridgehead atoms. The number of nitrogens with zero attached hydrogens (tertiary/aromatic N) is 4. The standard InChI is InChI=1S/C13H18N4O2S/c1-13(2,3)10-8-20-11(14-10)7-17-6-9(15-16-17)4-5-12(18)19/h6,8H,4-5,7H2,1-3H3,(H,18,19). The molecule has 0 saturated carbocycles. The van der Waals surface area contributed by atoms with E-state index >= 15 is 0 Å². The number of carbonyl (C=O) groups is 1.